The van der Waals surface area contributed by atoms with E-state index in [2.05, 4.69) is 10.6 Å². The van der Waals surface area contributed by atoms with Gasteiger partial charge in [-0.25, -0.2) is 4.79 Å². The molecule has 2 rings (SSSR count). The Labute approximate surface area is 108 Å². The molecule has 1 saturated heterocycles. The van der Waals surface area contributed by atoms with E-state index in [1.807, 2.05) is 25.1 Å². The van der Waals surface area contributed by atoms with Gasteiger partial charge in [-0.15, -0.1) is 0 Å². The van der Waals surface area contributed by atoms with Crippen molar-refractivity contribution < 1.29 is 9.53 Å². The Morgan fingerprint density at radius 1 is 1.39 bits per heavy atom. The number of hydrogen-bond acceptors (Lipinski definition) is 4. The minimum Gasteiger partial charge on any atom is -0.465 e. The molecule has 0 saturated carbocycles. The van der Waals surface area contributed by atoms with Crippen LogP contribution in [0.1, 0.15) is 28.8 Å². The number of methoxy groups -OCH3 is 1. The van der Waals surface area contributed by atoms with Gasteiger partial charge in [0.25, 0.3) is 0 Å². The zero-order valence-electron chi connectivity index (χ0n) is 11.0. The largest absolute Gasteiger partial charge is 0.465 e. The second-order valence-corrected chi connectivity index (χ2v) is 4.69. The maximum Gasteiger partial charge on any atom is 0.337 e. The summed E-state index contributed by atoms with van der Waals surface area (Å²) in [6.07, 6.45) is 2.27. The minimum atomic E-state index is -0.286. The van der Waals surface area contributed by atoms with E-state index < -0.39 is 0 Å². The first kappa shape index (κ1) is 12.9. The average Bonchev–Trinajstić information content (AvgIpc) is 2.41. The number of anilines is 1. The summed E-state index contributed by atoms with van der Waals surface area (Å²) in [6, 6.07) is 6.16. The number of rotatable bonds is 3. The highest BCUT2D eigenvalue weighted by Crippen LogP contribution is 2.20. The first-order chi connectivity index (χ1) is 8.70. The molecule has 0 unspecified atom stereocenters. The third-order valence-corrected chi connectivity index (χ3v) is 3.35. The van der Waals surface area contributed by atoms with Crippen LogP contribution in [0.15, 0.2) is 18.2 Å². The fourth-order valence-corrected chi connectivity index (χ4v) is 2.26. The number of benzene rings is 1. The lowest BCUT2D eigenvalue weighted by Crippen LogP contribution is -2.35. The molecule has 1 heterocycles. The minimum absolute atomic E-state index is 0.286. The predicted molar refractivity (Wildman–Crippen MR) is 72.0 cm³/mol. The second-order valence-electron chi connectivity index (χ2n) is 4.69. The molecule has 0 amide bonds. The Hall–Kier alpha value is -1.55. The van der Waals surface area contributed by atoms with E-state index >= 15 is 0 Å². The molecule has 1 fully saturated rings. The van der Waals surface area contributed by atoms with Gasteiger partial charge in [0.2, 0.25) is 0 Å². The third-order valence-electron chi connectivity index (χ3n) is 3.35. The second kappa shape index (κ2) is 5.87. The number of nitrogens with one attached hydrogen (secondary N) is 2. The van der Waals surface area contributed by atoms with Gasteiger partial charge >= 0.3 is 5.97 Å². The van der Waals surface area contributed by atoms with Crippen molar-refractivity contribution in [3.05, 3.63) is 29.3 Å². The highest BCUT2D eigenvalue weighted by Gasteiger charge is 2.14. The van der Waals surface area contributed by atoms with Crippen LogP contribution in [0.3, 0.4) is 0 Å². The molecule has 0 spiro atoms. The van der Waals surface area contributed by atoms with Crippen LogP contribution >= 0.6 is 0 Å². The summed E-state index contributed by atoms with van der Waals surface area (Å²) in [5.74, 6) is -0.286. The molecule has 1 aromatic carbocycles. The van der Waals surface area contributed by atoms with Gasteiger partial charge in [-0.2, -0.15) is 0 Å². The third kappa shape index (κ3) is 3.01. The number of carbonyl (C=O) groups is 1. The van der Waals surface area contributed by atoms with E-state index in [1.165, 1.54) is 7.11 Å². The van der Waals surface area contributed by atoms with Crippen LogP contribution in [0.2, 0.25) is 0 Å². The number of piperidine rings is 1. The quantitative estimate of drug-likeness (QED) is 0.803. The van der Waals surface area contributed by atoms with E-state index in [4.69, 9.17) is 4.74 Å². The van der Waals surface area contributed by atoms with Crippen LogP contribution in [0, 0.1) is 6.92 Å². The Balaban J connectivity index is 2.07. The van der Waals surface area contributed by atoms with Gasteiger partial charge in [-0.1, -0.05) is 0 Å². The molecule has 0 bridgehead atoms. The number of hydrogen-bond donors (Lipinski definition) is 2. The van der Waals surface area contributed by atoms with Crippen molar-refractivity contribution in [2.45, 2.75) is 25.8 Å². The molecule has 0 aromatic heterocycles. The van der Waals surface area contributed by atoms with Gasteiger partial charge in [0.15, 0.2) is 0 Å². The number of carbonyl (C=O) groups excluding carboxylic acids is 1. The maximum atomic E-state index is 11.4. The normalized spacial score (nSPS) is 16.3. The standard InChI is InChI=1S/C14H20N2O2/c1-10-9-11(14(17)18-2)3-4-13(10)16-12-5-7-15-8-6-12/h3-4,9,12,15-16H,5-8H2,1-2H3. The predicted octanol–water partition coefficient (Wildman–Crippen LogP) is 1.95. The Morgan fingerprint density at radius 2 is 2.11 bits per heavy atom. The van der Waals surface area contributed by atoms with Gasteiger partial charge < -0.3 is 15.4 Å². The SMILES string of the molecule is COC(=O)c1ccc(NC2CCNCC2)c(C)c1. The summed E-state index contributed by atoms with van der Waals surface area (Å²) in [5.41, 5.74) is 2.79. The molecular weight excluding hydrogens is 228 g/mol. The van der Waals surface area contributed by atoms with Gasteiger partial charge in [0.1, 0.15) is 0 Å². The van der Waals surface area contributed by atoms with Crippen LogP contribution in [-0.2, 0) is 4.74 Å². The lowest BCUT2D eigenvalue weighted by atomic mass is 10.0. The van der Waals surface area contributed by atoms with Crippen molar-refractivity contribution in [1.82, 2.24) is 5.32 Å². The molecule has 1 aliphatic rings. The summed E-state index contributed by atoms with van der Waals surface area (Å²) in [5, 5.41) is 6.89. The van der Waals surface area contributed by atoms with Crippen LogP contribution < -0.4 is 10.6 Å². The number of ether oxygens (including phenoxy) is 1. The molecule has 4 nitrogen and oxygen atoms in total. The van der Waals surface area contributed by atoms with Crippen LogP contribution in [0.25, 0.3) is 0 Å². The zero-order chi connectivity index (χ0) is 13.0. The fraction of sp³-hybridized carbons (Fsp3) is 0.500. The molecule has 18 heavy (non-hydrogen) atoms. The number of aryl methyl sites for hydroxylation is 1. The summed E-state index contributed by atoms with van der Waals surface area (Å²) < 4.78 is 4.71. The molecular formula is C14H20N2O2. The summed E-state index contributed by atoms with van der Waals surface area (Å²) in [6.45, 7) is 4.14. The summed E-state index contributed by atoms with van der Waals surface area (Å²) in [4.78, 5) is 11.4. The molecule has 1 aromatic rings. The van der Waals surface area contributed by atoms with E-state index in [1.54, 1.807) is 0 Å². The van der Waals surface area contributed by atoms with Gasteiger partial charge in [0, 0.05) is 11.7 Å². The van der Waals surface area contributed by atoms with Gasteiger partial charge in [-0.3, -0.25) is 0 Å². The Morgan fingerprint density at radius 3 is 2.72 bits per heavy atom. The van der Waals surface area contributed by atoms with Crippen molar-refractivity contribution >= 4 is 11.7 Å². The van der Waals surface area contributed by atoms with E-state index in [0.717, 1.165) is 37.2 Å². The van der Waals surface area contributed by atoms with Crippen LogP contribution in [0.5, 0.6) is 0 Å². The first-order valence-corrected chi connectivity index (χ1v) is 6.37. The lowest BCUT2D eigenvalue weighted by molar-refractivity contribution is 0.0600. The molecule has 0 aliphatic carbocycles. The summed E-state index contributed by atoms with van der Waals surface area (Å²) in [7, 11) is 1.40. The highest BCUT2D eigenvalue weighted by atomic mass is 16.5. The average molecular weight is 248 g/mol. The molecule has 2 N–H and O–H groups in total. The van der Waals surface area contributed by atoms with Crippen LogP contribution in [0.4, 0.5) is 5.69 Å². The highest BCUT2D eigenvalue weighted by molar-refractivity contribution is 5.90. The molecule has 1 aliphatic heterocycles. The van der Waals surface area contributed by atoms with Crippen molar-refractivity contribution in [3.8, 4) is 0 Å². The summed E-state index contributed by atoms with van der Waals surface area (Å²) >= 11 is 0. The van der Waals surface area contributed by atoms with E-state index in [0.29, 0.717) is 11.6 Å². The van der Waals surface area contributed by atoms with E-state index in [9.17, 15) is 4.79 Å². The molecule has 0 atom stereocenters. The molecule has 0 radical (unpaired) electrons. The zero-order valence-corrected chi connectivity index (χ0v) is 11.0. The topological polar surface area (TPSA) is 50.4 Å². The fourth-order valence-electron chi connectivity index (χ4n) is 2.26. The lowest BCUT2D eigenvalue weighted by Gasteiger charge is -2.25. The van der Waals surface area contributed by atoms with Gasteiger partial charge in [0.05, 0.1) is 12.7 Å². The van der Waals surface area contributed by atoms with Crippen molar-refractivity contribution in [3.63, 3.8) is 0 Å². The van der Waals surface area contributed by atoms with Crippen molar-refractivity contribution in [2.24, 2.45) is 0 Å². The van der Waals surface area contributed by atoms with Gasteiger partial charge in [-0.05, 0) is 56.6 Å². The first-order valence-electron chi connectivity index (χ1n) is 6.37. The van der Waals surface area contributed by atoms with Crippen molar-refractivity contribution in [1.29, 1.82) is 0 Å². The van der Waals surface area contributed by atoms with Crippen molar-refractivity contribution in [2.75, 3.05) is 25.5 Å². The molecule has 4 heteroatoms. The monoisotopic (exact) mass is 248 g/mol. The Bertz CT molecular complexity index is 426. The smallest absolute Gasteiger partial charge is 0.337 e. The maximum absolute atomic E-state index is 11.4. The Kier molecular flexibility index (Phi) is 4.20. The molecule has 98 valence electrons. The van der Waals surface area contributed by atoms with E-state index in [-0.39, 0.29) is 5.97 Å². The number of esters is 1. The van der Waals surface area contributed by atoms with Crippen LogP contribution in [-0.4, -0.2) is 32.2 Å².